The molecule has 1 aliphatic heterocycles. The van der Waals surface area contributed by atoms with Crippen LogP contribution in [-0.4, -0.2) is 44.1 Å². The zero-order valence-electron chi connectivity index (χ0n) is 19.4. The van der Waals surface area contributed by atoms with Crippen molar-refractivity contribution in [2.24, 2.45) is 0 Å². The Morgan fingerprint density at radius 2 is 1.79 bits per heavy atom. The van der Waals surface area contributed by atoms with Gasteiger partial charge in [0.25, 0.3) is 0 Å². The second-order valence-electron chi connectivity index (χ2n) is 8.00. The van der Waals surface area contributed by atoms with E-state index in [4.69, 9.17) is 13.9 Å². The van der Waals surface area contributed by atoms with E-state index in [1.165, 1.54) is 0 Å². The van der Waals surface area contributed by atoms with Crippen molar-refractivity contribution in [2.75, 3.05) is 27.3 Å². The molecule has 1 unspecified atom stereocenters. The van der Waals surface area contributed by atoms with Gasteiger partial charge < -0.3 is 29.4 Å². The van der Waals surface area contributed by atoms with E-state index in [0.717, 1.165) is 16.7 Å². The van der Waals surface area contributed by atoms with Gasteiger partial charge in [-0.05, 0) is 47.4 Å². The Labute approximate surface area is 198 Å². The van der Waals surface area contributed by atoms with E-state index in [1.54, 1.807) is 32.6 Å². The molecule has 3 amide bonds. The minimum Gasteiger partial charge on any atom is -0.493 e. The summed E-state index contributed by atoms with van der Waals surface area (Å²) in [6.45, 7) is 1.10. The van der Waals surface area contributed by atoms with E-state index in [0.29, 0.717) is 36.8 Å². The lowest BCUT2D eigenvalue weighted by Crippen LogP contribution is -2.46. The number of amides is 3. The highest BCUT2D eigenvalue weighted by Crippen LogP contribution is 2.40. The predicted molar refractivity (Wildman–Crippen MR) is 127 cm³/mol. The average Bonchev–Trinajstić information content (AvgIpc) is 3.40. The largest absolute Gasteiger partial charge is 0.493 e. The monoisotopic (exact) mass is 463 g/mol. The van der Waals surface area contributed by atoms with Gasteiger partial charge in [-0.2, -0.15) is 0 Å². The van der Waals surface area contributed by atoms with Gasteiger partial charge in [0.1, 0.15) is 5.76 Å². The van der Waals surface area contributed by atoms with Gasteiger partial charge in [-0.1, -0.05) is 30.3 Å². The molecule has 0 saturated heterocycles. The Kier molecular flexibility index (Phi) is 7.37. The highest BCUT2D eigenvalue weighted by atomic mass is 16.5. The van der Waals surface area contributed by atoms with Gasteiger partial charge in [-0.25, -0.2) is 4.79 Å². The summed E-state index contributed by atoms with van der Waals surface area (Å²) in [5, 5.41) is 5.69. The van der Waals surface area contributed by atoms with E-state index in [2.05, 4.69) is 10.6 Å². The van der Waals surface area contributed by atoms with Crippen molar-refractivity contribution >= 4 is 11.9 Å². The number of rotatable bonds is 8. The van der Waals surface area contributed by atoms with Gasteiger partial charge in [0.2, 0.25) is 5.91 Å². The van der Waals surface area contributed by atoms with Crippen LogP contribution in [0.15, 0.2) is 65.3 Å². The quantitative estimate of drug-likeness (QED) is 0.532. The Bertz CT molecular complexity index is 1110. The second-order valence-corrected chi connectivity index (χ2v) is 8.00. The highest BCUT2D eigenvalue weighted by Gasteiger charge is 2.33. The normalized spacial score (nSPS) is 14.8. The molecule has 34 heavy (non-hydrogen) atoms. The van der Waals surface area contributed by atoms with Gasteiger partial charge in [-0.3, -0.25) is 4.79 Å². The van der Waals surface area contributed by atoms with Gasteiger partial charge in [0.05, 0.1) is 33.1 Å². The maximum absolute atomic E-state index is 13.2. The molecule has 1 atom stereocenters. The van der Waals surface area contributed by atoms with Crippen molar-refractivity contribution in [3.8, 4) is 11.5 Å². The van der Waals surface area contributed by atoms with Crippen LogP contribution in [-0.2, 0) is 17.8 Å². The maximum atomic E-state index is 13.2. The van der Waals surface area contributed by atoms with Crippen LogP contribution in [0, 0.1) is 0 Å². The molecule has 1 aliphatic rings. The zero-order chi connectivity index (χ0) is 23.9. The van der Waals surface area contributed by atoms with Crippen LogP contribution in [0.3, 0.4) is 0 Å². The minimum absolute atomic E-state index is 0.155. The van der Waals surface area contributed by atoms with Crippen molar-refractivity contribution in [2.45, 2.75) is 25.4 Å². The lowest BCUT2D eigenvalue weighted by Gasteiger charge is -2.38. The molecule has 0 fully saturated rings. The molecule has 178 valence electrons. The molecule has 2 N–H and O–H groups in total. The summed E-state index contributed by atoms with van der Waals surface area (Å²) in [6, 6.07) is 16.9. The molecule has 4 rings (SSSR count). The predicted octanol–water partition coefficient (Wildman–Crippen LogP) is 3.66. The number of carbonyl (C=O) groups is 2. The molecule has 2 aromatic carbocycles. The third kappa shape index (κ3) is 5.17. The summed E-state index contributed by atoms with van der Waals surface area (Å²) < 4.78 is 16.2. The van der Waals surface area contributed by atoms with E-state index in [9.17, 15) is 9.59 Å². The molecule has 2 heterocycles. The highest BCUT2D eigenvalue weighted by molar-refractivity contribution is 5.79. The number of ether oxygens (including phenoxy) is 2. The van der Waals surface area contributed by atoms with Crippen LogP contribution >= 0.6 is 0 Å². The molecule has 1 aromatic heterocycles. The van der Waals surface area contributed by atoms with Crippen LogP contribution in [0.2, 0.25) is 0 Å². The Morgan fingerprint density at radius 1 is 1.03 bits per heavy atom. The molecule has 0 radical (unpaired) electrons. The van der Waals surface area contributed by atoms with E-state index in [-0.39, 0.29) is 30.9 Å². The van der Waals surface area contributed by atoms with E-state index >= 15 is 0 Å². The number of carbonyl (C=O) groups excluding carboxylic acids is 2. The molecule has 0 saturated carbocycles. The van der Waals surface area contributed by atoms with Crippen molar-refractivity contribution in [3.63, 3.8) is 0 Å². The van der Waals surface area contributed by atoms with Gasteiger partial charge >= 0.3 is 6.03 Å². The number of nitrogens with zero attached hydrogens (tertiary/aromatic N) is 1. The summed E-state index contributed by atoms with van der Waals surface area (Å²) in [5.74, 6) is 1.82. The fourth-order valence-electron chi connectivity index (χ4n) is 4.23. The number of hydrogen-bond acceptors (Lipinski definition) is 5. The van der Waals surface area contributed by atoms with Crippen molar-refractivity contribution < 1.29 is 23.5 Å². The lowest BCUT2D eigenvalue weighted by molar-refractivity contribution is -0.121. The van der Waals surface area contributed by atoms with Gasteiger partial charge in [0, 0.05) is 19.5 Å². The SMILES string of the molecule is COc1cc2c(cc1OC)C(c1ccccc1)N(C(=O)NCCC(=O)NCc1ccco1)CC2. The molecule has 0 aliphatic carbocycles. The van der Waals surface area contributed by atoms with Crippen LogP contribution < -0.4 is 20.1 Å². The smallest absolute Gasteiger partial charge is 0.318 e. The molecule has 0 spiro atoms. The summed E-state index contributed by atoms with van der Waals surface area (Å²) >= 11 is 0. The number of benzene rings is 2. The Hall–Kier alpha value is -3.94. The topological polar surface area (TPSA) is 93.0 Å². The van der Waals surface area contributed by atoms with Crippen LogP contribution in [0.4, 0.5) is 4.79 Å². The fraction of sp³-hybridized carbons (Fsp3) is 0.308. The zero-order valence-corrected chi connectivity index (χ0v) is 19.4. The van der Waals surface area contributed by atoms with Crippen molar-refractivity contribution in [3.05, 3.63) is 83.3 Å². The van der Waals surface area contributed by atoms with E-state index in [1.807, 2.05) is 47.4 Å². The van der Waals surface area contributed by atoms with Crippen LogP contribution in [0.5, 0.6) is 11.5 Å². The van der Waals surface area contributed by atoms with Crippen LogP contribution in [0.1, 0.15) is 34.9 Å². The summed E-state index contributed by atoms with van der Waals surface area (Å²) in [4.78, 5) is 27.2. The molecule has 8 nitrogen and oxygen atoms in total. The number of urea groups is 1. The number of furan rings is 1. The van der Waals surface area contributed by atoms with Crippen molar-refractivity contribution in [1.29, 1.82) is 0 Å². The minimum atomic E-state index is -0.280. The molecule has 0 bridgehead atoms. The Balaban J connectivity index is 1.47. The van der Waals surface area contributed by atoms with Crippen molar-refractivity contribution in [1.82, 2.24) is 15.5 Å². The summed E-state index contributed by atoms with van der Waals surface area (Å²) in [7, 11) is 3.22. The van der Waals surface area contributed by atoms with Gasteiger partial charge in [-0.15, -0.1) is 0 Å². The third-order valence-corrected chi connectivity index (χ3v) is 5.92. The first-order chi connectivity index (χ1) is 16.6. The second kappa shape index (κ2) is 10.8. The van der Waals surface area contributed by atoms with Crippen LogP contribution in [0.25, 0.3) is 0 Å². The standard InChI is InChI=1S/C26H29N3O5/c1-32-22-15-19-11-13-29(25(18-7-4-3-5-8-18)21(19)16-23(22)33-2)26(31)27-12-10-24(30)28-17-20-9-6-14-34-20/h3-9,14-16,25H,10-13,17H2,1-2H3,(H,27,31)(H,28,30). The summed E-state index contributed by atoms with van der Waals surface area (Å²) in [5.41, 5.74) is 3.12. The fourth-order valence-corrected chi connectivity index (χ4v) is 4.23. The average molecular weight is 464 g/mol. The molecular formula is C26H29N3O5. The molecular weight excluding hydrogens is 434 g/mol. The number of methoxy groups -OCH3 is 2. The first kappa shape index (κ1) is 23.2. The van der Waals surface area contributed by atoms with E-state index < -0.39 is 0 Å². The number of hydrogen-bond donors (Lipinski definition) is 2. The van der Waals surface area contributed by atoms with Gasteiger partial charge in [0.15, 0.2) is 11.5 Å². The lowest BCUT2D eigenvalue weighted by atomic mass is 9.88. The number of fused-ring (bicyclic) bond motifs is 1. The third-order valence-electron chi connectivity index (χ3n) is 5.92. The molecule has 3 aromatic rings. The summed E-state index contributed by atoms with van der Waals surface area (Å²) in [6.07, 6.45) is 2.43. The first-order valence-corrected chi connectivity index (χ1v) is 11.2. The maximum Gasteiger partial charge on any atom is 0.318 e. The molecule has 8 heteroatoms. The first-order valence-electron chi connectivity index (χ1n) is 11.2. The number of nitrogens with one attached hydrogen (secondary N) is 2. The Morgan fingerprint density at radius 3 is 2.50 bits per heavy atom.